The number of para-hydroxylation sites is 1. The molecule has 0 spiro atoms. The van der Waals surface area contributed by atoms with E-state index in [2.05, 4.69) is 111 Å². The van der Waals surface area contributed by atoms with E-state index in [0.29, 0.717) is 12.0 Å². The molecule has 0 saturated carbocycles. The van der Waals surface area contributed by atoms with Crippen molar-refractivity contribution >= 4 is 67.2 Å². The summed E-state index contributed by atoms with van der Waals surface area (Å²) in [6.45, 7) is 9.00. The molecular formula is C32H27N3S3. The van der Waals surface area contributed by atoms with E-state index in [1.54, 1.807) is 0 Å². The van der Waals surface area contributed by atoms with E-state index in [1.807, 2.05) is 22.7 Å². The SMILES string of the molecule is CC(C)c1ccc(-c2ccc(-c3ccc(-c4ccc5c(c4)c4ccccc4n5C(C)C)s3)c3nsnc23)s1. The predicted molar refractivity (Wildman–Crippen MR) is 167 cm³/mol. The largest absolute Gasteiger partial charge is 0.338 e. The van der Waals surface area contributed by atoms with Crippen molar-refractivity contribution in [1.29, 1.82) is 0 Å². The molecule has 0 amide bonds. The van der Waals surface area contributed by atoms with Crippen LogP contribution in [0.3, 0.4) is 0 Å². The summed E-state index contributed by atoms with van der Waals surface area (Å²) in [6, 6.07) is 29.5. The van der Waals surface area contributed by atoms with Gasteiger partial charge in [-0.25, -0.2) is 0 Å². The summed E-state index contributed by atoms with van der Waals surface area (Å²) in [7, 11) is 0. The molecule has 0 N–H and O–H groups in total. The second-order valence-corrected chi connectivity index (χ2v) is 13.1. The summed E-state index contributed by atoms with van der Waals surface area (Å²) in [4.78, 5) is 5.15. The van der Waals surface area contributed by atoms with Crippen molar-refractivity contribution in [2.75, 3.05) is 0 Å². The lowest BCUT2D eigenvalue weighted by molar-refractivity contribution is 0.642. The Morgan fingerprint density at radius 2 is 1.29 bits per heavy atom. The standard InChI is InChI=1S/C32H27N3S3/c1-18(2)27-13-15-29(36-27)22-10-11-23(32-31(22)33-38-34-32)30-16-14-28(37-30)20-9-12-26-24(17-20)21-7-5-6-8-25(21)35(26)19(3)4/h5-19H,1-4H3. The van der Waals surface area contributed by atoms with Gasteiger partial charge in [0.05, 0.1) is 11.7 Å². The van der Waals surface area contributed by atoms with E-state index in [0.717, 1.165) is 16.6 Å². The van der Waals surface area contributed by atoms with Crippen molar-refractivity contribution in [2.45, 2.75) is 39.7 Å². The number of fused-ring (bicyclic) bond motifs is 4. The van der Waals surface area contributed by atoms with Crippen LogP contribution in [0.1, 0.15) is 44.5 Å². The van der Waals surface area contributed by atoms with Gasteiger partial charge in [-0.2, -0.15) is 8.75 Å². The Labute approximate surface area is 234 Å². The Bertz CT molecular complexity index is 1950. The van der Waals surface area contributed by atoms with Gasteiger partial charge in [-0.1, -0.05) is 50.2 Å². The molecule has 7 rings (SSSR count). The van der Waals surface area contributed by atoms with Gasteiger partial charge in [0.15, 0.2) is 0 Å². The van der Waals surface area contributed by atoms with Crippen molar-refractivity contribution in [2.24, 2.45) is 0 Å². The minimum absolute atomic E-state index is 0.403. The lowest BCUT2D eigenvalue weighted by Gasteiger charge is -2.11. The zero-order valence-corrected chi connectivity index (χ0v) is 24.2. The van der Waals surface area contributed by atoms with Gasteiger partial charge in [-0.15, -0.1) is 22.7 Å². The number of thiophene rings is 2. The summed E-state index contributed by atoms with van der Waals surface area (Å²) in [5.41, 5.74) is 8.18. The quantitative estimate of drug-likeness (QED) is 0.214. The zero-order chi connectivity index (χ0) is 26.0. The third-order valence-electron chi connectivity index (χ3n) is 7.26. The Kier molecular flexibility index (Phi) is 5.73. The van der Waals surface area contributed by atoms with Crippen LogP contribution in [0.5, 0.6) is 0 Å². The van der Waals surface area contributed by atoms with Gasteiger partial charge >= 0.3 is 0 Å². The minimum Gasteiger partial charge on any atom is -0.338 e. The molecule has 0 aliphatic heterocycles. The van der Waals surface area contributed by atoms with Crippen LogP contribution >= 0.6 is 34.4 Å². The third kappa shape index (κ3) is 3.74. The maximum atomic E-state index is 4.74. The number of hydrogen-bond acceptors (Lipinski definition) is 5. The molecule has 0 radical (unpaired) electrons. The Hall–Kier alpha value is -3.32. The van der Waals surface area contributed by atoms with Gasteiger partial charge < -0.3 is 4.57 Å². The van der Waals surface area contributed by atoms with Crippen molar-refractivity contribution < 1.29 is 0 Å². The van der Waals surface area contributed by atoms with Crippen LogP contribution in [-0.2, 0) is 0 Å². The highest BCUT2D eigenvalue weighted by Crippen LogP contribution is 2.43. The topological polar surface area (TPSA) is 30.7 Å². The highest BCUT2D eigenvalue weighted by atomic mass is 32.1. The molecule has 6 heteroatoms. The fraction of sp³-hybridized carbons (Fsp3) is 0.188. The molecule has 0 unspecified atom stereocenters. The van der Waals surface area contributed by atoms with Crippen LogP contribution < -0.4 is 0 Å². The van der Waals surface area contributed by atoms with Gasteiger partial charge in [0.2, 0.25) is 0 Å². The number of benzene rings is 3. The Morgan fingerprint density at radius 1 is 0.632 bits per heavy atom. The second kappa shape index (κ2) is 9.16. The number of hydrogen-bond donors (Lipinski definition) is 0. The van der Waals surface area contributed by atoms with Crippen molar-refractivity contribution in [1.82, 2.24) is 13.3 Å². The first-order valence-electron chi connectivity index (χ1n) is 13.0. The molecule has 3 nitrogen and oxygen atoms in total. The molecular weight excluding hydrogens is 523 g/mol. The van der Waals surface area contributed by atoms with Crippen molar-refractivity contribution in [3.63, 3.8) is 0 Å². The molecule has 38 heavy (non-hydrogen) atoms. The van der Waals surface area contributed by atoms with E-state index in [-0.39, 0.29) is 0 Å². The van der Waals surface area contributed by atoms with Gasteiger partial charge in [0.25, 0.3) is 0 Å². The van der Waals surface area contributed by atoms with E-state index in [1.165, 1.54) is 64.2 Å². The third-order valence-corrected chi connectivity index (χ3v) is 10.4. The maximum Gasteiger partial charge on any atom is 0.114 e. The summed E-state index contributed by atoms with van der Waals surface area (Å²) in [5.74, 6) is 0.530. The summed E-state index contributed by atoms with van der Waals surface area (Å²) >= 11 is 4.99. The molecule has 188 valence electrons. The highest BCUT2D eigenvalue weighted by molar-refractivity contribution is 7.19. The molecule has 3 aromatic carbocycles. The summed E-state index contributed by atoms with van der Waals surface area (Å²) in [5, 5.41) is 2.63. The smallest absolute Gasteiger partial charge is 0.114 e. The van der Waals surface area contributed by atoms with Crippen molar-refractivity contribution in [3.8, 4) is 31.3 Å². The molecule has 0 bridgehead atoms. The Balaban J connectivity index is 1.31. The molecule has 0 fully saturated rings. The van der Waals surface area contributed by atoms with Gasteiger partial charge in [0, 0.05) is 58.5 Å². The molecule has 0 aliphatic carbocycles. The highest BCUT2D eigenvalue weighted by Gasteiger charge is 2.18. The minimum atomic E-state index is 0.403. The maximum absolute atomic E-state index is 4.74. The zero-order valence-electron chi connectivity index (χ0n) is 21.7. The first kappa shape index (κ1) is 23.8. The molecule has 0 saturated heterocycles. The Morgan fingerprint density at radius 3 is 2.00 bits per heavy atom. The average Bonchev–Trinajstić information content (AvgIpc) is 3.72. The summed E-state index contributed by atoms with van der Waals surface area (Å²) < 4.78 is 11.9. The average molecular weight is 550 g/mol. The second-order valence-electron chi connectivity index (χ2n) is 10.4. The van der Waals surface area contributed by atoms with Gasteiger partial charge in [-0.3, -0.25) is 0 Å². The normalized spacial score (nSPS) is 12.2. The fourth-order valence-corrected chi connectivity index (χ4v) is 8.06. The predicted octanol–water partition coefficient (Wildman–Crippen LogP) is 10.6. The van der Waals surface area contributed by atoms with Gasteiger partial charge in [-0.05, 0) is 67.8 Å². The van der Waals surface area contributed by atoms with E-state index in [9.17, 15) is 0 Å². The lowest BCUT2D eigenvalue weighted by Crippen LogP contribution is -1.99. The van der Waals surface area contributed by atoms with Gasteiger partial charge in [0.1, 0.15) is 11.0 Å². The van der Waals surface area contributed by atoms with Crippen LogP contribution in [0, 0.1) is 0 Å². The lowest BCUT2D eigenvalue weighted by atomic mass is 10.1. The van der Waals surface area contributed by atoms with E-state index >= 15 is 0 Å². The van der Waals surface area contributed by atoms with Crippen LogP contribution in [-0.4, -0.2) is 13.3 Å². The van der Waals surface area contributed by atoms with Crippen LogP contribution in [0.15, 0.2) is 78.9 Å². The van der Waals surface area contributed by atoms with Crippen molar-refractivity contribution in [3.05, 3.63) is 83.7 Å². The molecule has 0 atom stereocenters. The van der Waals surface area contributed by atoms with Crippen LogP contribution in [0.4, 0.5) is 0 Å². The number of nitrogens with zero attached hydrogens (tertiary/aromatic N) is 3. The molecule has 0 aliphatic rings. The van der Waals surface area contributed by atoms with Crippen LogP contribution in [0.2, 0.25) is 0 Å². The first-order chi connectivity index (χ1) is 18.5. The van der Waals surface area contributed by atoms with Crippen LogP contribution in [0.25, 0.3) is 64.2 Å². The van der Waals surface area contributed by atoms with E-state index in [4.69, 9.17) is 8.75 Å². The van der Waals surface area contributed by atoms with E-state index < -0.39 is 0 Å². The number of rotatable bonds is 5. The molecule has 7 aromatic rings. The summed E-state index contributed by atoms with van der Waals surface area (Å²) in [6.07, 6.45) is 0. The molecule has 4 aromatic heterocycles. The monoisotopic (exact) mass is 549 g/mol. The molecule has 4 heterocycles. The first-order valence-corrected chi connectivity index (χ1v) is 15.3. The number of aromatic nitrogens is 3. The fourth-order valence-electron chi connectivity index (χ4n) is 5.42.